The maximum atomic E-state index is 6.41. The molecule has 3 heterocycles. The first-order chi connectivity index (χ1) is 16.4. The minimum Gasteiger partial charge on any atom is -0.373 e. The average molecular weight is 494 g/mol. The van der Waals surface area contributed by atoms with E-state index in [1.165, 1.54) is 0 Å². The van der Waals surface area contributed by atoms with E-state index < -0.39 is 0 Å². The molecule has 174 valence electrons. The molecule has 1 N–H and O–H groups in total. The number of hydrogen-bond donors (Lipinski definition) is 1. The number of ether oxygens (including phenoxy) is 1. The fourth-order valence-electron chi connectivity index (χ4n) is 4.37. The molecular formula is C26H25Cl2N5O. The third kappa shape index (κ3) is 5.15. The monoisotopic (exact) mass is 493 g/mol. The van der Waals surface area contributed by atoms with Crippen molar-refractivity contribution in [1.82, 2.24) is 19.9 Å². The van der Waals surface area contributed by atoms with Gasteiger partial charge in [-0.15, -0.1) is 0 Å². The van der Waals surface area contributed by atoms with Gasteiger partial charge in [0.15, 0.2) is 0 Å². The summed E-state index contributed by atoms with van der Waals surface area (Å²) in [6, 6.07) is 17.3. The molecule has 0 aliphatic carbocycles. The van der Waals surface area contributed by atoms with E-state index in [2.05, 4.69) is 29.0 Å². The lowest BCUT2D eigenvalue weighted by atomic mass is 10.1. The number of hydrogen-bond acceptors (Lipinski definition) is 6. The zero-order valence-corrected chi connectivity index (χ0v) is 20.5. The molecule has 2 unspecified atom stereocenters. The van der Waals surface area contributed by atoms with Crippen LogP contribution < -0.4 is 5.32 Å². The van der Waals surface area contributed by atoms with Crippen molar-refractivity contribution in [2.75, 3.05) is 18.4 Å². The highest BCUT2D eigenvalue weighted by Gasteiger charge is 2.23. The van der Waals surface area contributed by atoms with Gasteiger partial charge in [-0.2, -0.15) is 0 Å². The molecule has 1 saturated heterocycles. The maximum Gasteiger partial charge on any atom is 0.145 e. The normalized spacial score (nSPS) is 18.8. The first kappa shape index (κ1) is 23.0. The summed E-state index contributed by atoms with van der Waals surface area (Å²) in [5.74, 6) is 1.49. The van der Waals surface area contributed by atoms with Gasteiger partial charge < -0.3 is 10.1 Å². The third-order valence-corrected chi connectivity index (χ3v) is 6.30. The maximum absolute atomic E-state index is 6.41. The highest BCUT2D eigenvalue weighted by Crippen LogP contribution is 2.31. The Balaban J connectivity index is 1.56. The largest absolute Gasteiger partial charge is 0.373 e. The van der Waals surface area contributed by atoms with E-state index >= 15 is 0 Å². The van der Waals surface area contributed by atoms with E-state index in [1.807, 2.05) is 54.6 Å². The molecule has 0 saturated carbocycles. The molecule has 5 rings (SSSR count). The Morgan fingerprint density at radius 2 is 1.76 bits per heavy atom. The number of fused-ring (bicyclic) bond motifs is 1. The zero-order valence-electron chi connectivity index (χ0n) is 19.0. The summed E-state index contributed by atoms with van der Waals surface area (Å²) in [4.78, 5) is 16.6. The molecule has 6 nitrogen and oxygen atoms in total. The van der Waals surface area contributed by atoms with E-state index in [0.717, 1.165) is 52.6 Å². The van der Waals surface area contributed by atoms with E-state index in [4.69, 9.17) is 37.9 Å². The van der Waals surface area contributed by atoms with Gasteiger partial charge in [0.1, 0.15) is 11.6 Å². The standard InChI is InChI=1S/C26H25Cl2N5O/c1-16-13-33(14-17(2)34-16)15-24-31-23-12-18(25-22(28)4-3-11-29-25)5-10-21(23)26(32-24)30-20-8-6-19(27)7-9-20/h3-12,16-17H,13-15H2,1-2H3,(H,30,31,32). The molecular weight excluding hydrogens is 469 g/mol. The van der Waals surface area contributed by atoms with Gasteiger partial charge >= 0.3 is 0 Å². The summed E-state index contributed by atoms with van der Waals surface area (Å²) in [6.07, 6.45) is 2.09. The van der Waals surface area contributed by atoms with Crippen LogP contribution in [0.15, 0.2) is 60.8 Å². The number of halogens is 2. The number of aromatic nitrogens is 3. The Hall–Kier alpha value is -2.77. The van der Waals surface area contributed by atoms with Crippen molar-refractivity contribution in [2.24, 2.45) is 0 Å². The number of rotatable bonds is 5. The molecule has 0 bridgehead atoms. The Morgan fingerprint density at radius 1 is 1.00 bits per heavy atom. The molecule has 2 aromatic carbocycles. The minimum atomic E-state index is 0.175. The van der Waals surface area contributed by atoms with Crippen LogP contribution in [-0.2, 0) is 11.3 Å². The molecule has 2 atom stereocenters. The molecule has 0 spiro atoms. The lowest BCUT2D eigenvalue weighted by molar-refractivity contribution is -0.0710. The van der Waals surface area contributed by atoms with Gasteiger partial charge in [0.25, 0.3) is 0 Å². The second-order valence-corrected chi connectivity index (χ2v) is 9.48. The van der Waals surface area contributed by atoms with Crippen LogP contribution in [0.2, 0.25) is 10.0 Å². The van der Waals surface area contributed by atoms with Crippen molar-refractivity contribution in [3.63, 3.8) is 0 Å². The summed E-state index contributed by atoms with van der Waals surface area (Å²) in [6.45, 7) is 6.52. The van der Waals surface area contributed by atoms with Gasteiger partial charge in [0, 0.05) is 40.9 Å². The number of benzene rings is 2. The Kier molecular flexibility index (Phi) is 6.66. The van der Waals surface area contributed by atoms with Crippen molar-refractivity contribution in [3.8, 4) is 11.3 Å². The molecule has 8 heteroatoms. The second-order valence-electron chi connectivity index (χ2n) is 8.64. The van der Waals surface area contributed by atoms with E-state index in [9.17, 15) is 0 Å². The molecule has 1 fully saturated rings. The summed E-state index contributed by atoms with van der Waals surface area (Å²) in [5, 5.41) is 5.65. The fourth-order valence-corrected chi connectivity index (χ4v) is 4.73. The van der Waals surface area contributed by atoms with Gasteiger partial charge in [-0.05, 0) is 62.4 Å². The molecule has 34 heavy (non-hydrogen) atoms. The van der Waals surface area contributed by atoms with Gasteiger partial charge in [-0.1, -0.05) is 29.3 Å². The van der Waals surface area contributed by atoms with E-state index in [1.54, 1.807) is 6.20 Å². The number of pyridine rings is 1. The topological polar surface area (TPSA) is 63.2 Å². The Bertz CT molecular complexity index is 1300. The Labute approximate surface area is 208 Å². The van der Waals surface area contributed by atoms with Crippen LogP contribution >= 0.6 is 23.2 Å². The summed E-state index contributed by atoms with van der Waals surface area (Å²) in [5.41, 5.74) is 3.37. The van der Waals surface area contributed by atoms with Crippen LogP contribution in [-0.4, -0.2) is 45.1 Å². The lowest BCUT2D eigenvalue weighted by Crippen LogP contribution is -2.45. The zero-order chi connectivity index (χ0) is 23.7. The highest BCUT2D eigenvalue weighted by atomic mass is 35.5. The molecule has 1 aliphatic rings. The lowest BCUT2D eigenvalue weighted by Gasteiger charge is -2.34. The molecule has 2 aromatic heterocycles. The summed E-state index contributed by atoms with van der Waals surface area (Å²) >= 11 is 12.5. The second kappa shape index (κ2) is 9.84. The van der Waals surface area contributed by atoms with Crippen molar-refractivity contribution in [3.05, 3.63) is 76.7 Å². The van der Waals surface area contributed by atoms with Gasteiger partial charge in [-0.25, -0.2) is 9.97 Å². The highest BCUT2D eigenvalue weighted by molar-refractivity contribution is 6.33. The van der Waals surface area contributed by atoms with Crippen molar-refractivity contribution < 1.29 is 4.74 Å². The van der Waals surface area contributed by atoms with Crippen LogP contribution in [0.1, 0.15) is 19.7 Å². The van der Waals surface area contributed by atoms with Crippen LogP contribution in [0.3, 0.4) is 0 Å². The van der Waals surface area contributed by atoms with Gasteiger partial charge in [0.05, 0.1) is 35.0 Å². The van der Waals surface area contributed by atoms with E-state index in [-0.39, 0.29) is 12.2 Å². The number of nitrogens with one attached hydrogen (secondary N) is 1. The minimum absolute atomic E-state index is 0.175. The molecule has 1 aliphatic heterocycles. The van der Waals surface area contributed by atoms with Crippen molar-refractivity contribution >= 4 is 45.6 Å². The molecule has 0 radical (unpaired) electrons. The third-order valence-electron chi connectivity index (χ3n) is 5.74. The summed E-state index contributed by atoms with van der Waals surface area (Å²) in [7, 11) is 0. The molecule has 0 amide bonds. The van der Waals surface area contributed by atoms with Gasteiger partial charge in [0.2, 0.25) is 0 Å². The predicted molar refractivity (Wildman–Crippen MR) is 138 cm³/mol. The average Bonchev–Trinajstić information content (AvgIpc) is 2.80. The summed E-state index contributed by atoms with van der Waals surface area (Å²) < 4.78 is 5.89. The SMILES string of the molecule is CC1CN(Cc2nc(Nc3ccc(Cl)cc3)c3ccc(-c4ncccc4Cl)cc3n2)CC(C)O1. The van der Waals surface area contributed by atoms with Crippen LogP contribution in [0.5, 0.6) is 0 Å². The molecule has 4 aromatic rings. The first-order valence-corrected chi connectivity index (χ1v) is 12.0. The number of nitrogens with zero attached hydrogens (tertiary/aromatic N) is 4. The smallest absolute Gasteiger partial charge is 0.145 e. The number of morpholine rings is 1. The van der Waals surface area contributed by atoms with Crippen molar-refractivity contribution in [2.45, 2.75) is 32.6 Å². The first-order valence-electron chi connectivity index (χ1n) is 11.3. The fraction of sp³-hybridized carbons (Fsp3) is 0.269. The quantitative estimate of drug-likeness (QED) is 0.349. The Morgan fingerprint density at radius 3 is 2.50 bits per heavy atom. The van der Waals surface area contributed by atoms with Crippen LogP contribution in [0.4, 0.5) is 11.5 Å². The van der Waals surface area contributed by atoms with Gasteiger partial charge in [-0.3, -0.25) is 9.88 Å². The van der Waals surface area contributed by atoms with E-state index in [0.29, 0.717) is 16.6 Å². The van der Waals surface area contributed by atoms with Crippen molar-refractivity contribution in [1.29, 1.82) is 0 Å². The predicted octanol–water partition coefficient (Wildman–Crippen LogP) is 6.35. The van der Waals surface area contributed by atoms with Crippen LogP contribution in [0, 0.1) is 0 Å². The number of anilines is 2. The van der Waals surface area contributed by atoms with Crippen LogP contribution in [0.25, 0.3) is 22.2 Å².